The molecule has 5 heteroatoms. The summed E-state index contributed by atoms with van der Waals surface area (Å²) >= 11 is 0. The molecule has 0 unspecified atom stereocenters. The number of aryl methyl sites for hydroxylation is 1. The van der Waals surface area contributed by atoms with Gasteiger partial charge in [0.2, 0.25) is 0 Å². The summed E-state index contributed by atoms with van der Waals surface area (Å²) in [6.45, 7) is 2.24. The van der Waals surface area contributed by atoms with Crippen LogP contribution in [0.2, 0.25) is 0 Å². The Hall–Kier alpha value is -1.10. The Morgan fingerprint density at radius 2 is 1.94 bits per heavy atom. The predicted molar refractivity (Wildman–Crippen MR) is 56.4 cm³/mol. The fraction of sp³-hybridized carbons (Fsp3) is 0.500. The lowest BCUT2D eigenvalue weighted by molar-refractivity contribution is -0.138. The highest BCUT2D eigenvalue weighted by Gasteiger charge is 2.35. The molecular formula is C12H13F4N. The Kier molecular flexibility index (Phi) is 3.12. The first-order valence-corrected chi connectivity index (χ1v) is 5.39. The summed E-state index contributed by atoms with van der Waals surface area (Å²) in [4.78, 5) is 1.67. The molecule has 17 heavy (non-hydrogen) atoms. The Labute approximate surface area is 97.0 Å². The lowest BCUT2D eigenvalue weighted by atomic mass is 10.0. The van der Waals surface area contributed by atoms with Gasteiger partial charge in [-0.2, -0.15) is 13.2 Å². The number of halogens is 4. The first kappa shape index (κ1) is 12.4. The van der Waals surface area contributed by atoms with Crippen LogP contribution in [0.3, 0.4) is 0 Å². The number of likely N-dealkylation sites (tertiary alicyclic amines) is 1. The average Bonchev–Trinajstić information content (AvgIpc) is 2.16. The molecule has 0 aromatic heterocycles. The number of alkyl halides is 4. The van der Waals surface area contributed by atoms with Crippen molar-refractivity contribution in [2.24, 2.45) is 0 Å². The van der Waals surface area contributed by atoms with Crippen molar-refractivity contribution in [2.75, 3.05) is 13.1 Å². The fourth-order valence-electron chi connectivity index (χ4n) is 1.97. The highest BCUT2D eigenvalue weighted by atomic mass is 19.4. The Morgan fingerprint density at radius 3 is 2.47 bits per heavy atom. The smallest absolute Gasteiger partial charge is 0.293 e. The maximum Gasteiger partial charge on any atom is 0.416 e. The van der Waals surface area contributed by atoms with Crippen molar-refractivity contribution in [2.45, 2.75) is 25.8 Å². The van der Waals surface area contributed by atoms with E-state index in [1.165, 1.54) is 6.07 Å². The molecule has 0 aliphatic carbocycles. The van der Waals surface area contributed by atoms with Crippen LogP contribution in [0.4, 0.5) is 17.6 Å². The normalized spacial score (nSPS) is 18.2. The first-order valence-electron chi connectivity index (χ1n) is 5.39. The predicted octanol–water partition coefficient (Wildman–Crippen LogP) is 3.17. The topological polar surface area (TPSA) is 3.24 Å². The molecule has 1 aromatic rings. The second-order valence-corrected chi connectivity index (χ2v) is 4.45. The molecule has 0 atom stereocenters. The van der Waals surface area contributed by atoms with E-state index in [0.29, 0.717) is 5.56 Å². The summed E-state index contributed by atoms with van der Waals surface area (Å²) < 4.78 is 51.0. The molecule has 0 spiro atoms. The molecule has 1 aliphatic rings. The summed E-state index contributed by atoms with van der Waals surface area (Å²) in [6.07, 6.45) is -5.24. The van der Waals surface area contributed by atoms with Crippen LogP contribution < -0.4 is 0 Å². The van der Waals surface area contributed by atoms with Gasteiger partial charge >= 0.3 is 6.18 Å². The summed E-state index contributed by atoms with van der Waals surface area (Å²) in [6, 6.07) is 4.27. The van der Waals surface area contributed by atoms with Gasteiger partial charge in [0.1, 0.15) is 6.17 Å². The fourth-order valence-corrected chi connectivity index (χ4v) is 1.97. The second kappa shape index (κ2) is 4.29. The van der Waals surface area contributed by atoms with E-state index in [9.17, 15) is 17.6 Å². The van der Waals surface area contributed by atoms with Crippen LogP contribution in [0, 0.1) is 6.92 Å². The van der Waals surface area contributed by atoms with Crippen molar-refractivity contribution < 1.29 is 17.6 Å². The molecule has 1 nitrogen and oxygen atoms in total. The van der Waals surface area contributed by atoms with Gasteiger partial charge in [-0.25, -0.2) is 4.39 Å². The van der Waals surface area contributed by atoms with E-state index >= 15 is 0 Å². The van der Waals surface area contributed by atoms with Crippen LogP contribution in [0.15, 0.2) is 18.2 Å². The van der Waals surface area contributed by atoms with Crippen LogP contribution in [0.1, 0.15) is 16.7 Å². The van der Waals surface area contributed by atoms with E-state index in [2.05, 4.69) is 0 Å². The van der Waals surface area contributed by atoms with E-state index < -0.39 is 17.9 Å². The Balaban J connectivity index is 2.21. The molecule has 1 saturated heterocycles. The molecule has 1 aliphatic heterocycles. The molecule has 0 N–H and O–H groups in total. The molecule has 1 fully saturated rings. The standard InChI is InChI=1S/C12H13F4N/c1-8-2-3-9(5-17-6-10(13)7-17)11(4-8)12(14,15)16/h2-4,10H,5-7H2,1H3. The number of hydrogen-bond donors (Lipinski definition) is 0. The van der Waals surface area contributed by atoms with Crippen molar-refractivity contribution in [3.8, 4) is 0 Å². The highest BCUT2D eigenvalue weighted by Crippen LogP contribution is 2.33. The minimum atomic E-state index is -4.35. The number of hydrogen-bond acceptors (Lipinski definition) is 1. The summed E-state index contributed by atoms with van der Waals surface area (Å²) in [5.74, 6) is 0. The van der Waals surface area contributed by atoms with Gasteiger partial charge in [-0.1, -0.05) is 17.7 Å². The quantitative estimate of drug-likeness (QED) is 0.725. The van der Waals surface area contributed by atoms with Gasteiger partial charge in [0.25, 0.3) is 0 Å². The van der Waals surface area contributed by atoms with E-state index in [-0.39, 0.29) is 25.2 Å². The van der Waals surface area contributed by atoms with Crippen LogP contribution in [0.25, 0.3) is 0 Å². The SMILES string of the molecule is Cc1ccc(CN2CC(F)C2)c(C(F)(F)F)c1. The minimum absolute atomic E-state index is 0.162. The highest BCUT2D eigenvalue weighted by molar-refractivity contribution is 5.33. The maximum absolute atomic E-state index is 12.8. The summed E-state index contributed by atoms with van der Waals surface area (Å²) in [5.41, 5.74) is 0.183. The lowest BCUT2D eigenvalue weighted by Crippen LogP contribution is -2.47. The molecule has 0 radical (unpaired) electrons. The number of nitrogens with zero attached hydrogens (tertiary/aromatic N) is 1. The zero-order valence-electron chi connectivity index (χ0n) is 9.39. The van der Waals surface area contributed by atoms with Gasteiger partial charge in [0, 0.05) is 19.6 Å². The summed E-state index contributed by atoms with van der Waals surface area (Å²) in [7, 11) is 0. The number of rotatable bonds is 2. The molecule has 2 rings (SSSR count). The van der Waals surface area contributed by atoms with Gasteiger partial charge in [0.15, 0.2) is 0 Å². The van der Waals surface area contributed by atoms with Crippen LogP contribution >= 0.6 is 0 Å². The van der Waals surface area contributed by atoms with Gasteiger partial charge in [-0.3, -0.25) is 4.90 Å². The molecular weight excluding hydrogens is 234 g/mol. The first-order chi connectivity index (χ1) is 7.86. The van der Waals surface area contributed by atoms with Crippen molar-refractivity contribution in [1.29, 1.82) is 0 Å². The molecule has 1 aromatic carbocycles. The van der Waals surface area contributed by atoms with Gasteiger partial charge in [0.05, 0.1) is 5.56 Å². The second-order valence-electron chi connectivity index (χ2n) is 4.45. The van der Waals surface area contributed by atoms with Gasteiger partial charge in [-0.15, -0.1) is 0 Å². The van der Waals surface area contributed by atoms with Crippen LogP contribution in [-0.4, -0.2) is 24.2 Å². The zero-order chi connectivity index (χ0) is 12.6. The van der Waals surface area contributed by atoms with Crippen LogP contribution in [0.5, 0.6) is 0 Å². The molecule has 94 valence electrons. The molecule has 1 heterocycles. The van der Waals surface area contributed by atoms with E-state index in [0.717, 1.165) is 6.07 Å². The molecule has 0 bridgehead atoms. The van der Waals surface area contributed by atoms with Crippen molar-refractivity contribution in [3.63, 3.8) is 0 Å². The van der Waals surface area contributed by atoms with Crippen molar-refractivity contribution in [3.05, 3.63) is 34.9 Å². The third kappa shape index (κ3) is 2.77. The largest absolute Gasteiger partial charge is 0.416 e. The Morgan fingerprint density at radius 1 is 1.29 bits per heavy atom. The van der Waals surface area contributed by atoms with E-state index in [1.54, 1.807) is 17.9 Å². The van der Waals surface area contributed by atoms with Crippen LogP contribution in [-0.2, 0) is 12.7 Å². The third-order valence-electron chi connectivity index (χ3n) is 2.88. The monoisotopic (exact) mass is 247 g/mol. The van der Waals surface area contributed by atoms with E-state index in [1.807, 2.05) is 0 Å². The summed E-state index contributed by atoms with van der Waals surface area (Å²) in [5, 5.41) is 0. The number of benzene rings is 1. The Bertz CT molecular complexity index is 407. The van der Waals surface area contributed by atoms with Gasteiger partial charge < -0.3 is 0 Å². The van der Waals surface area contributed by atoms with Crippen molar-refractivity contribution >= 4 is 0 Å². The van der Waals surface area contributed by atoms with Gasteiger partial charge in [-0.05, 0) is 18.6 Å². The maximum atomic E-state index is 12.8. The molecule has 0 saturated carbocycles. The van der Waals surface area contributed by atoms with Crippen molar-refractivity contribution in [1.82, 2.24) is 4.90 Å². The lowest BCUT2D eigenvalue weighted by Gasteiger charge is -2.34. The average molecular weight is 247 g/mol. The zero-order valence-corrected chi connectivity index (χ0v) is 9.39. The third-order valence-corrected chi connectivity index (χ3v) is 2.88. The van der Waals surface area contributed by atoms with E-state index in [4.69, 9.17) is 0 Å². The minimum Gasteiger partial charge on any atom is -0.293 e. The molecule has 0 amide bonds.